The molecular weight excluding hydrogens is 272 g/mol. The molecule has 0 saturated heterocycles. The van der Waals surface area contributed by atoms with Gasteiger partial charge in [0.15, 0.2) is 0 Å². The van der Waals surface area contributed by atoms with E-state index in [1.54, 1.807) is 12.1 Å². The summed E-state index contributed by atoms with van der Waals surface area (Å²) < 4.78 is 5.48. The molecule has 0 atom stereocenters. The maximum Gasteiger partial charge on any atom is 0.269 e. The lowest BCUT2D eigenvalue weighted by atomic mass is 10.1. The molecule has 1 aliphatic carbocycles. The predicted octanol–water partition coefficient (Wildman–Crippen LogP) is 2.07. The van der Waals surface area contributed by atoms with Gasteiger partial charge in [0.1, 0.15) is 0 Å². The Kier molecular flexibility index (Phi) is 5.68. The Hall–Kier alpha value is -1.95. The first-order chi connectivity index (χ1) is 10.1. The van der Waals surface area contributed by atoms with Gasteiger partial charge in [-0.05, 0) is 30.7 Å². The van der Waals surface area contributed by atoms with Crippen LogP contribution in [0.4, 0.5) is 5.69 Å². The molecule has 6 heteroatoms. The largest absolute Gasteiger partial charge is 0.381 e. The minimum Gasteiger partial charge on any atom is -0.381 e. The highest BCUT2D eigenvalue weighted by Gasteiger charge is 2.20. The fourth-order valence-corrected chi connectivity index (χ4v) is 1.92. The third kappa shape index (κ3) is 5.91. The van der Waals surface area contributed by atoms with Gasteiger partial charge in [-0.15, -0.1) is 0 Å². The molecule has 1 aromatic carbocycles. The van der Waals surface area contributed by atoms with Crippen molar-refractivity contribution in [3.63, 3.8) is 0 Å². The van der Waals surface area contributed by atoms with Crippen LogP contribution in [0.1, 0.15) is 24.8 Å². The number of non-ortho nitro benzene ring substituents is 1. The van der Waals surface area contributed by atoms with Gasteiger partial charge in [0.25, 0.3) is 5.69 Å². The monoisotopic (exact) mass is 292 g/mol. The van der Waals surface area contributed by atoms with Crippen LogP contribution in [0, 0.1) is 16.0 Å². The highest BCUT2D eigenvalue weighted by Crippen LogP contribution is 2.28. The average Bonchev–Trinajstić information content (AvgIpc) is 3.27. The third-order valence-electron chi connectivity index (χ3n) is 3.35. The molecule has 0 aliphatic heterocycles. The zero-order chi connectivity index (χ0) is 15.1. The van der Waals surface area contributed by atoms with Crippen LogP contribution in [0.25, 0.3) is 0 Å². The van der Waals surface area contributed by atoms with E-state index in [1.807, 2.05) is 0 Å². The number of benzene rings is 1. The number of nitrogens with zero attached hydrogens (tertiary/aromatic N) is 1. The van der Waals surface area contributed by atoms with Crippen molar-refractivity contribution in [1.82, 2.24) is 5.32 Å². The first kappa shape index (κ1) is 15.4. The van der Waals surface area contributed by atoms with Crippen molar-refractivity contribution in [2.24, 2.45) is 5.92 Å². The molecule has 1 N–H and O–H groups in total. The molecule has 1 fully saturated rings. The quantitative estimate of drug-likeness (QED) is 0.429. The SMILES string of the molecule is O=C(Cc1ccc([N+](=O)[O-])cc1)NCCCOCC1CC1. The summed E-state index contributed by atoms with van der Waals surface area (Å²) in [7, 11) is 0. The van der Waals surface area contributed by atoms with Crippen molar-refractivity contribution in [3.8, 4) is 0 Å². The van der Waals surface area contributed by atoms with Crippen molar-refractivity contribution in [1.29, 1.82) is 0 Å². The zero-order valence-corrected chi connectivity index (χ0v) is 11.9. The predicted molar refractivity (Wildman–Crippen MR) is 78.0 cm³/mol. The second kappa shape index (κ2) is 7.73. The highest BCUT2D eigenvalue weighted by atomic mass is 16.6. The van der Waals surface area contributed by atoms with Crippen molar-refractivity contribution in [3.05, 3.63) is 39.9 Å². The first-order valence-electron chi connectivity index (χ1n) is 7.23. The summed E-state index contributed by atoms with van der Waals surface area (Å²) in [4.78, 5) is 21.8. The van der Waals surface area contributed by atoms with Gasteiger partial charge in [0, 0.05) is 31.9 Å². The molecular formula is C15H20N2O4. The summed E-state index contributed by atoms with van der Waals surface area (Å²) in [5.41, 5.74) is 0.801. The minimum atomic E-state index is -0.453. The lowest BCUT2D eigenvalue weighted by Crippen LogP contribution is -2.26. The number of carbonyl (C=O) groups excluding carboxylic acids is 1. The molecule has 0 unspecified atom stereocenters. The van der Waals surface area contributed by atoms with Gasteiger partial charge >= 0.3 is 0 Å². The van der Waals surface area contributed by atoms with E-state index in [0.717, 1.165) is 24.5 Å². The van der Waals surface area contributed by atoms with E-state index in [-0.39, 0.29) is 18.0 Å². The Labute approximate surface area is 123 Å². The fourth-order valence-electron chi connectivity index (χ4n) is 1.92. The number of ether oxygens (including phenoxy) is 1. The summed E-state index contributed by atoms with van der Waals surface area (Å²) in [6, 6.07) is 6.04. The van der Waals surface area contributed by atoms with Crippen LogP contribution >= 0.6 is 0 Å². The van der Waals surface area contributed by atoms with Gasteiger partial charge in [0.2, 0.25) is 5.91 Å². The normalized spacial score (nSPS) is 13.9. The minimum absolute atomic E-state index is 0.0342. The zero-order valence-electron chi connectivity index (χ0n) is 11.9. The average molecular weight is 292 g/mol. The number of hydrogen-bond acceptors (Lipinski definition) is 4. The summed E-state index contributed by atoms with van der Waals surface area (Å²) in [6.45, 7) is 2.11. The molecule has 0 aromatic heterocycles. The van der Waals surface area contributed by atoms with Crippen molar-refractivity contribution < 1.29 is 14.5 Å². The lowest BCUT2D eigenvalue weighted by molar-refractivity contribution is -0.384. The first-order valence-corrected chi connectivity index (χ1v) is 7.23. The Morgan fingerprint density at radius 2 is 2.05 bits per heavy atom. The van der Waals surface area contributed by atoms with E-state index in [1.165, 1.54) is 25.0 Å². The number of nitrogens with one attached hydrogen (secondary N) is 1. The number of amides is 1. The molecule has 21 heavy (non-hydrogen) atoms. The Balaban J connectivity index is 1.58. The van der Waals surface area contributed by atoms with E-state index in [2.05, 4.69) is 5.32 Å². The molecule has 0 radical (unpaired) electrons. The van der Waals surface area contributed by atoms with Crippen molar-refractivity contribution in [2.75, 3.05) is 19.8 Å². The molecule has 114 valence electrons. The van der Waals surface area contributed by atoms with Crippen LogP contribution in [0.2, 0.25) is 0 Å². The summed E-state index contributed by atoms with van der Waals surface area (Å²) >= 11 is 0. The Morgan fingerprint density at radius 1 is 1.33 bits per heavy atom. The van der Waals surface area contributed by atoms with E-state index in [9.17, 15) is 14.9 Å². The smallest absolute Gasteiger partial charge is 0.269 e. The van der Waals surface area contributed by atoms with Crippen LogP contribution in [0.5, 0.6) is 0 Å². The molecule has 0 bridgehead atoms. The van der Waals surface area contributed by atoms with Crippen LogP contribution in [-0.4, -0.2) is 30.6 Å². The summed E-state index contributed by atoms with van der Waals surface area (Å²) in [6.07, 6.45) is 3.61. The fraction of sp³-hybridized carbons (Fsp3) is 0.533. The van der Waals surface area contributed by atoms with Crippen LogP contribution < -0.4 is 5.32 Å². The number of carbonyl (C=O) groups is 1. The van der Waals surface area contributed by atoms with Gasteiger partial charge in [-0.2, -0.15) is 0 Å². The lowest BCUT2D eigenvalue weighted by Gasteiger charge is -2.06. The van der Waals surface area contributed by atoms with Crippen molar-refractivity contribution in [2.45, 2.75) is 25.7 Å². The van der Waals surface area contributed by atoms with Crippen molar-refractivity contribution >= 4 is 11.6 Å². The summed E-state index contributed by atoms with van der Waals surface area (Å²) in [5.74, 6) is 0.688. The topological polar surface area (TPSA) is 81.5 Å². The molecule has 1 aromatic rings. The third-order valence-corrected chi connectivity index (χ3v) is 3.35. The number of nitro benzene ring substituents is 1. The number of hydrogen-bond donors (Lipinski definition) is 1. The van der Waals surface area contributed by atoms with E-state index < -0.39 is 4.92 Å². The second-order valence-electron chi connectivity index (χ2n) is 5.32. The second-order valence-corrected chi connectivity index (χ2v) is 5.32. The standard InChI is InChI=1S/C15H20N2O4/c18-15(16-8-1-9-21-11-13-2-3-13)10-12-4-6-14(7-5-12)17(19)20/h4-7,13H,1-3,8-11H2,(H,16,18). The van der Waals surface area contributed by atoms with Gasteiger partial charge in [-0.3, -0.25) is 14.9 Å². The van der Waals surface area contributed by atoms with Crippen LogP contribution in [0.3, 0.4) is 0 Å². The molecule has 1 saturated carbocycles. The maximum absolute atomic E-state index is 11.7. The van der Waals surface area contributed by atoms with Gasteiger partial charge in [0.05, 0.1) is 11.3 Å². The molecule has 2 rings (SSSR count). The number of rotatable bonds is 9. The Bertz CT molecular complexity index is 483. The van der Waals surface area contributed by atoms with E-state index in [4.69, 9.17) is 4.74 Å². The maximum atomic E-state index is 11.7. The molecule has 6 nitrogen and oxygen atoms in total. The molecule has 0 heterocycles. The molecule has 1 aliphatic rings. The van der Waals surface area contributed by atoms with Crippen LogP contribution in [0.15, 0.2) is 24.3 Å². The molecule has 1 amide bonds. The van der Waals surface area contributed by atoms with Gasteiger partial charge in [-0.1, -0.05) is 12.1 Å². The Morgan fingerprint density at radius 3 is 2.67 bits per heavy atom. The van der Waals surface area contributed by atoms with Crippen LogP contribution in [-0.2, 0) is 16.0 Å². The summed E-state index contributed by atoms with van der Waals surface area (Å²) in [5, 5.41) is 13.3. The van der Waals surface area contributed by atoms with E-state index >= 15 is 0 Å². The van der Waals surface area contributed by atoms with Gasteiger partial charge < -0.3 is 10.1 Å². The van der Waals surface area contributed by atoms with Gasteiger partial charge in [-0.25, -0.2) is 0 Å². The van der Waals surface area contributed by atoms with E-state index in [0.29, 0.717) is 13.2 Å². The molecule has 0 spiro atoms. The number of nitro groups is 1. The highest BCUT2D eigenvalue weighted by molar-refractivity contribution is 5.78.